The Morgan fingerprint density at radius 3 is 1.93 bits per heavy atom. The van der Waals surface area contributed by atoms with Crippen LogP contribution in [-0.4, -0.2) is 6.36 Å². The van der Waals surface area contributed by atoms with Crippen molar-refractivity contribution in [2.45, 2.75) is 70.6 Å². The molecule has 154 valence electrons. The highest BCUT2D eigenvalue weighted by molar-refractivity contribution is 5.29. The van der Waals surface area contributed by atoms with Crippen molar-refractivity contribution in [3.05, 3.63) is 54.1 Å². The molecule has 2 fully saturated rings. The highest BCUT2D eigenvalue weighted by Gasteiger charge is 2.32. The smallest absolute Gasteiger partial charge is 0.406 e. The molecular weight excluding hydrogens is 361 g/mol. The molecule has 0 saturated heterocycles. The third-order valence-electron chi connectivity index (χ3n) is 6.53. The maximum atomic E-state index is 12.3. The number of ether oxygens (including phenoxy) is 1. The van der Waals surface area contributed by atoms with E-state index in [4.69, 9.17) is 0 Å². The number of benzene rings is 1. The minimum absolute atomic E-state index is 0.134. The number of rotatable bonds is 5. The van der Waals surface area contributed by atoms with Gasteiger partial charge in [0.1, 0.15) is 5.75 Å². The van der Waals surface area contributed by atoms with Crippen molar-refractivity contribution in [3.8, 4) is 5.75 Å². The summed E-state index contributed by atoms with van der Waals surface area (Å²) < 4.78 is 40.8. The largest absolute Gasteiger partial charge is 0.573 e. The Morgan fingerprint density at radius 1 is 0.821 bits per heavy atom. The molecule has 0 unspecified atom stereocenters. The first kappa shape index (κ1) is 21.0. The number of hydrogen-bond acceptors (Lipinski definition) is 1. The summed E-state index contributed by atoms with van der Waals surface area (Å²) in [5.74, 6) is 2.75. The van der Waals surface area contributed by atoms with E-state index in [9.17, 15) is 13.2 Å². The van der Waals surface area contributed by atoms with Gasteiger partial charge in [-0.15, -0.1) is 13.2 Å². The second kappa shape index (κ2) is 9.67. The van der Waals surface area contributed by atoms with E-state index in [1.807, 2.05) is 6.92 Å². The van der Waals surface area contributed by atoms with Gasteiger partial charge in [0.25, 0.3) is 0 Å². The molecule has 1 nitrogen and oxygen atoms in total. The van der Waals surface area contributed by atoms with Gasteiger partial charge in [0.05, 0.1) is 0 Å². The molecule has 0 amide bonds. The Hall–Kier alpha value is -1.71. The molecule has 0 aromatic heterocycles. The van der Waals surface area contributed by atoms with Gasteiger partial charge < -0.3 is 4.74 Å². The molecule has 0 radical (unpaired) electrons. The lowest BCUT2D eigenvalue weighted by atomic mass is 9.68. The standard InChI is InChI=1S/C24H31F3O/c1-2-3-4-5-18-6-8-19(9-7-18)20-10-12-21(13-11-20)22-14-16-23(17-15-22)28-24(25,26)27/h2-5,14-21H,6-13H2,1H3/b3-2+,5-4+. The average Bonchev–Trinajstić information content (AvgIpc) is 2.68. The molecule has 2 aliphatic carbocycles. The summed E-state index contributed by atoms with van der Waals surface area (Å²) >= 11 is 0. The molecule has 28 heavy (non-hydrogen) atoms. The van der Waals surface area contributed by atoms with E-state index in [0.717, 1.165) is 36.2 Å². The predicted molar refractivity (Wildman–Crippen MR) is 107 cm³/mol. The SMILES string of the molecule is C/C=C/C=C/C1CCC(C2CCC(c3ccc(OC(F)(F)F)cc3)CC2)CC1. The van der Waals surface area contributed by atoms with Gasteiger partial charge in [-0.1, -0.05) is 36.4 Å². The van der Waals surface area contributed by atoms with Crippen molar-refractivity contribution in [2.75, 3.05) is 0 Å². The molecule has 0 spiro atoms. The number of allylic oxidation sites excluding steroid dienone is 4. The van der Waals surface area contributed by atoms with Gasteiger partial charge in [-0.25, -0.2) is 0 Å². The van der Waals surface area contributed by atoms with E-state index in [0.29, 0.717) is 5.92 Å². The van der Waals surface area contributed by atoms with Gasteiger partial charge in [0.2, 0.25) is 0 Å². The Bertz CT molecular complexity index is 643. The molecule has 1 aromatic carbocycles. The summed E-state index contributed by atoms with van der Waals surface area (Å²) in [6.45, 7) is 2.04. The molecule has 0 aliphatic heterocycles. The Kier molecular flexibility index (Phi) is 7.25. The molecule has 0 N–H and O–H groups in total. The Morgan fingerprint density at radius 2 is 1.39 bits per heavy atom. The van der Waals surface area contributed by atoms with E-state index in [-0.39, 0.29) is 5.75 Å². The fourth-order valence-corrected chi connectivity index (χ4v) is 5.01. The second-order valence-electron chi connectivity index (χ2n) is 8.31. The minimum Gasteiger partial charge on any atom is -0.406 e. The van der Waals surface area contributed by atoms with Gasteiger partial charge in [0, 0.05) is 0 Å². The van der Waals surface area contributed by atoms with Crippen LogP contribution in [0, 0.1) is 17.8 Å². The van der Waals surface area contributed by atoms with Gasteiger partial charge in [-0.05, 0) is 99.7 Å². The lowest BCUT2D eigenvalue weighted by Crippen LogP contribution is -2.25. The minimum atomic E-state index is -4.62. The molecule has 2 saturated carbocycles. The van der Waals surface area contributed by atoms with Crippen LogP contribution < -0.4 is 4.74 Å². The zero-order valence-electron chi connectivity index (χ0n) is 16.6. The third-order valence-corrected chi connectivity index (χ3v) is 6.53. The first-order chi connectivity index (χ1) is 13.4. The van der Waals surface area contributed by atoms with E-state index < -0.39 is 6.36 Å². The van der Waals surface area contributed by atoms with Crippen LogP contribution in [0.1, 0.15) is 69.8 Å². The zero-order valence-corrected chi connectivity index (χ0v) is 16.6. The molecule has 3 rings (SSSR count). The maximum absolute atomic E-state index is 12.3. The lowest BCUT2D eigenvalue weighted by Gasteiger charge is -2.37. The van der Waals surface area contributed by atoms with Crippen LogP contribution in [0.3, 0.4) is 0 Å². The fourth-order valence-electron chi connectivity index (χ4n) is 5.01. The van der Waals surface area contributed by atoms with Crippen molar-refractivity contribution in [2.24, 2.45) is 17.8 Å². The molecule has 0 heterocycles. The summed E-state index contributed by atoms with van der Waals surface area (Å²) in [7, 11) is 0. The van der Waals surface area contributed by atoms with Crippen LogP contribution >= 0.6 is 0 Å². The van der Waals surface area contributed by atoms with Crippen molar-refractivity contribution in [1.29, 1.82) is 0 Å². The summed E-state index contributed by atoms with van der Waals surface area (Å²) in [6, 6.07) is 6.48. The number of halogens is 3. The molecule has 2 aliphatic rings. The van der Waals surface area contributed by atoms with E-state index >= 15 is 0 Å². The quantitative estimate of drug-likeness (QED) is 0.465. The molecule has 1 aromatic rings. The van der Waals surface area contributed by atoms with Crippen LogP contribution in [0.25, 0.3) is 0 Å². The van der Waals surface area contributed by atoms with Crippen LogP contribution in [0.2, 0.25) is 0 Å². The maximum Gasteiger partial charge on any atom is 0.573 e. The topological polar surface area (TPSA) is 9.23 Å². The molecule has 0 atom stereocenters. The fraction of sp³-hybridized carbons (Fsp3) is 0.583. The monoisotopic (exact) mass is 392 g/mol. The molecular formula is C24H31F3O. The number of alkyl halides is 3. The average molecular weight is 393 g/mol. The highest BCUT2D eigenvalue weighted by Crippen LogP contribution is 2.44. The Labute approximate surface area is 166 Å². The van der Waals surface area contributed by atoms with E-state index in [2.05, 4.69) is 29.0 Å². The third kappa shape index (κ3) is 6.15. The molecule has 4 heteroatoms. The summed E-state index contributed by atoms with van der Waals surface area (Å²) in [5.41, 5.74) is 1.14. The van der Waals surface area contributed by atoms with Gasteiger partial charge in [-0.2, -0.15) is 0 Å². The normalized spacial score (nSPS) is 29.4. The van der Waals surface area contributed by atoms with Crippen molar-refractivity contribution < 1.29 is 17.9 Å². The van der Waals surface area contributed by atoms with Gasteiger partial charge in [0.15, 0.2) is 0 Å². The first-order valence-electron chi connectivity index (χ1n) is 10.6. The van der Waals surface area contributed by atoms with Crippen LogP contribution in [-0.2, 0) is 0 Å². The predicted octanol–water partition coefficient (Wildman–Crippen LogP) is 7.80. The van der Waals surface area contributed by atoms with Crippen molar-refractivity contribution in [3.63, 3.8) is 0 Å². The van der Waals surface area contributed by atoms with E-state index in [1.54, 1.807) is 12.1 Å². The highest BCUT2D eigenvalue weighted by atomic mass is 19.4. The summed E-state index contributed by atoms with van der Waals surface area (Å²) in [6.07, 6.45) is 14.2. The molecule has 0 bridgehead atoms. The summed E-state index contributed by atoms with van der Waals surface area (Å²) in [5, 5.41) is 0. The van der Waals surface area contributed by atoms with E-state index in [1.165, 1.54) is 50.7 Å². The Balaban J connectivity index is 1.45. The van der Waals surface area contributed by atoms with Crippen molar-refractivity contribution >= 4 is 0 Å². The lowest BCUT2D eigenvalue weighted by molar-refractivity contribution is -0.274. The van der Waals surface area contributed by atoms with Crippen LogP contribution in [0.15, 0.2) is 48.6 Å². The van der Waals surface area contributed by atoms with Crippen LogP contribution in [0.5, 0.6) is 5.75 Å². The summed E-state index contributed by atoms with van der Waals surface area (Å²) in [4.78, 5) is 0. The van der Waals surface area contributed by atoms with Crippen LogP contribution in [0.4, 0.5) is 13.2 Å². The van der Waals surface area contributed by atoms with Gasteiger partial charge in [-0.3, -0.25) is 0 Å². The second-order valence-corrected chi connectivity index (χ2v) is 8.31. The van der Waals surface area contributed by atoms with Crippen molar-refractivity contribution in [1.82, 2.24) is 0 Å². The zero-order chi connectivity index (χ0) is 20.0. The number of hydrogen-bond donors (Lipinski definition) is 0. The van der Waals surface area contributed by atoms with Gasteiger partial charge >= 0.3 is 6.36 Å². The first-order valence-corrected chi connectivity index (χ1v) is 10.6.